The summed E-state index contributed by atoms with van der Waals surface area (Å²) in [7, 11) is -5.04. The van der Waals surface area contributed by atoms with Crippen LogP contribution in [-0.2, 0) is 42.0 Å². The van der Waals surface area contributed by atoms with Crippen LogP contribution in [0.5, 0.6) is 0 Å². The van der Waals surface area contributed by atoms with Crippen molar-refractivity contribution in [3.8, 4) is 0 Å². The normalized spacial score (nSPS) is 11.8. The van der Waals surface area contributed by atoms with Crippen LogP contribution in [0.2, 0.25) is 0 Å². The van der Waals surface area contributed by atoms with E-state index in [4.69, 9.17) is 9.47 Å². The second-order valence-corrected chi connectivity index (χ2v) is 9.72. The Labute approximate surface area is 230 Å². The molecule has 2 rings (SSSR count). The number of benzene rings is 2. The smallest absolute Gasteiger partial charge is 0.747 e. The van der Waals surface area contributed by atoms with Gasteiger partial charge in [0.25, 0.3) is 0 Å². The van der Waals surface area contributed by atoms with Crippen molar-refractivity contribution in [1.82, 2.24) is 0 Å². The van der Waals surface area contributed by atoms with Gasteiger partial charge in [0.05, 0.1) is 19.6 Å². The quantitative estimate of drug-likeness (QED) is 0.144. The molecule has 9 heteroatoms. The van der Waals surface area contributed by atoms with E-state index in [0.29, 0.717) is 12.8 Å². The van der Waals surface area contributed by atoms with E-state index < -0.39 is 33.7 Å². The number of hydrogen-bond donors (Lipinski definition) is 0. The standard InChI is InChI=1S/C26H34O7S.Na/c27-25(32-19-11-3-9-17-22-13-5-1-6-14-22)21-24(34(29,30)31)26(28)33-20-12-4-10-18-23-15-7-2-8-16-23;/h1-2,5-8,13-16,24H,3-4,9-12,17-21H2,(H,29,30,31);/q;+1/p-1. The van der Waals surface area contributed by atoms with Crippen molar-refractivity contribution in [2.24, 2.45) is 0 Å². The zero-order chi connectivity index (χ0) is 24.7. The average Bonchev–Trinajstić information content (AvgIpc) is 2.82. The molecule has 0 fully saturated rings. The molecule has 186 valence electrons. The van der Waals surface area contributed by atoms with Crippen molar-refractivity contribution < 1.29 is 61.6 Å². The number of aryl methyl sites for hydroxylation is 2. The fraction of sp³-hybridized carbons (Fsp3) is 0.462. The summed E-state index contributed by atoms with van der Waals surface area (Å²) in [6, 6.07) is 20.0. The average molecular weight is 513 g/mol. The molecule has 1 unspecified atom stereocenters. The van der Waals surface area contributed by atoms with E-state index in [9.17, 15) is 22.6 Å². The van der Waals surface area contributed by atoms with E-state index in [-0.39, 0.29) is 42.8 Å². The first-order valence-corrected chi connectivity index (χ1v) is 13.2. The second kappa shape index (κ2) is 17.7. The maximum absolute atomic E-state index is 12.1. The number of rotatable bonds is 16. The zero-order valence-corrected chi connectivity index (χ0v) is 23.2. The molecule has 0 bridgehead atoms. The second-order valence-electron chi connectivity index (χ2n) is 8.17. The Kier molecular flexibility index (Phi) is 15.8. The van der Waals surface area contributed by atoms with Crippen molar-refractivity contribution >= 4 is 22.1 Å². The fourth-order valence-corrected chi connectivity index (χ4v) is 4.11. The molecule has 0 aliphatic heterocycles. The first-order chi connectivity index (χ1) is 16.4. The molecule has 7 nitrogen and oxygen atoms in total. The Balaban J connectivity index is 0.00000612. The maximum atomic E-state index is 12.1. The van der Waals surface area contributed by atoms with Gasteiger partial charge in [0.1, 0.15) is 10.1 Å². The fourth-order valence-electron chi connectivity index (χ4n) is 3.47. The molecule has 2 aromatic carbocycles. The van der Waals surface area contributed by atoms with Crippen molar-refractivity contribution in [3.05, 3.63) is 71.8 Å². The Morgan fingerprint density at radius 1 is 0.714 bits per heavy atom. The van der Waals surface area contributed by atoms with Gasteiger partial charge < -0.3 is 14.0 Å². The Morgan fingerprint density at radius 2 is 1.17 bits per heavy atom. The molecule has 0 radical (unpaired) electrons. The first-order valence-electron chi connectivity index (χ1n) is 11.7. The molecule has 0 heterocycles. The first kappa shape index (κ1) is 31.3. The number of ether oxygens (including phenoxy) is 2. The molecular weight excluding hydrogens is 479 g/mol. The molecule has 1 atom stereocenters. The Bertz CT molecular complexity index is 966. The van der Waals surface area contributed by atoms with E-state index in [1.807, 2.05) is 60.7 Å². The maximum Gasteiger partial charge on any atom is 1.00 e. The van der Waals surface area contributed by atoms with Gasteiger partial charge in [-0.3, -0.25) is 9.59 Å². The third-order valence-corrected chi connectivity index (χ3v) is 6.43. The number of carbonyl (C=O) groups is 2. The van der Waals surface area contributed by atoms with Gasteiger partial charge >= 0.3 is 41.5 Å². The zero-order valence-electron chi connectivity index (χ0n) is 20.4. The number of esters is 2. The number of unbranched alkanes of at least 4 members (excludes halogenated alkanes) is 4. The van der Waals surface area contributed by atoms with E-state index in [2.05, 4.69) is 0 Å². The minimum atomic E-state index is -5.04. The summed E-state index contributed by atoms with van der Waals surface area (Å²) in [6.07, 6.45) is 5.56. The molecule has 35 heavy (non-hydrogen) atoms. The molecule has 0 N–H and O–H groups in total. The van der Waals surface area contributed by atoms with Gasteiger partial charge in [-0.15, -0.1) is 0 Å². The molecule has 0 aliphatic carbocycles. The van der Waals surface area contributed by atoms with Gasteiger partial charge in [-0.2, -0.15) is 0 Å². The van der Waals surface area contributed by atoms with Crippen LogP contribution < -0.4 is 29.6 Å². The number of hydrogen-bond acceptors (Lipinski definition) is 7. The predicted molar refractivity (Wildman–Crippen MR) is 128 cm³/mol. The monoisotopic (exact) mass is 512 g/mol. The largest absolute Gasteiger partial charge is 1.00 e. The van der Waals surface area contributed by atoms with Crippen LogP contribution in [0.15, 0.2) is 60.7 Å². The molecule has 0 amide bonds. The van der Waals surface area contributed by atoms with Crippen LogP contribution in [0, 0.1) is 0 Å². The van der Waals surface area contributed by atoms with Gasteiger partial charge in [-0.25, -0.2) is 8.42 Å². The van der Waals surface area contributed by atoms with Gasteiger partial charge in [-0.05, 0) is 62.5 Å². The van der Waals surface area contributed by atoms with Crippen LogP contribution in [-0.4, -0.2) is 43.4 Å². The summed E-state index contributed by atoms with van der Waals surface area (Å²) >= 11 is 0. The summed E-state index contributed by atoms with van der Waals surface area (Å²) in [5.74, 6) is -2.09. The van der Waals surface area contributed by atoms with E-state index in [1.54, 1.807) is 0 Å². The Morgan fingerprint density at radius 3 is 1.63 bits per heavy atom. The van der Waals surface area contributed by atoms with Gasteiger partial charge in [0, 0.05) is 0 Å². The van der Waals surface area contributed by atoms with Crippen molar-refractivity contribution in [1.29, 1.82) is 0 Å². The summed E-state index contributed by atoms with van der Waals surface area (Å²) in [5, 5.41) is -2.08. The van der Waals surface area contributed by atoms with Crippen LogP contribution in [0.1, 0.15) is 56.1 Å². The van der Waals surface area contributed by atoms with Crippen LogP contribution >= 0.6 is 0 Å². The minimum absolute atomic E-state index is 0. The van der Waals surface area contributed by atoms with Gasteiger partial charge in [0.2, 0.25) is 0 Å². The summed E-state index contributed by atoms with van der Waals surface area (Å²) in [5.41, 5.74) is 2.45. The Hall–Kier alpha value is -1.71. The summed E-state index contributed by atoms with van der Waals surface area (Å²) in [4.78, 5) is 24.1. The predicted octanol–water partition coefficient (Wildman–Crippen LogP) is 1.21. The van der Waals surface area contributed by atoms with E-state index in [1.165, 1.54) is 11.1 Å². The SMILES string of the molecule is O=C(CC(C(=O)OCCCCCc1ccccc1)S(=O)(=O)[O-])OCCCCCc1ccccc1.[Na+]. The third kappa shape index (κ3) is 13.8. The van der Waals surface area contributed by atoms with Crippen molar-refractivity contribution in [2.45, 2.75) is 63.0 Å². The van der Waals surface area contributed by atoms with E-state index in [0.717, 1.165) is 38.5 Å². The molecule has 0 aliphatic rings. The molecule has 2 aromatic rings. The van der Waals surface area contributed by atoms with Crippen molar-refractivity contribution in [3.63, 3.8) is 0 Å². The summed E-state index contributed by atoms with van der Waals surface area (Å²) in [6.45, 7) is 0.103. The molecule has 0 aromatic heterocycles. The topological polar surface area (TPSA) is 110 Å². The van der Waals surface area contributed by atoms with Crippen LogP contribution in [0.3, 0.4) is 0 Å². The van der Waals surface area contributed by atoms with Crippen LogP contribution in [0.25, 0.3) is 0 Å². The summed E-state index contributed by atoms with van der Waals surface area (Å²) < 4.78 is 44.4. The van der Waals surface area contributed by atoms with Crippen molar-refractivity contribution in [2.75, 3.05) is 13.2 Å². The molecule has 0 saturated carbocycles. The van der Waals surface area contributed by atoms with E-state index >= 15 is 0 Å². The molecular formula is C26H33NaO7S. The minimum Gasteiger partial charge on any atom is -0.747 e. The molecule has 0 spiro atoms. The molecule has 0 saturated heterocycles. The number of carbonyl (C=O) groups excluding carboxylic acids is 2. The third-order valence-electron chi connectivity index (χ3n) is 5.38. The van der Waals surface area contributed by atoms with Gasteiger partial charge in [0.15, 0.2) is 5.25 Å². The van der Waals surface area contributed by atoms with Crippen LogP contribution in [0.4, 0.5) is 0 Å². The van der Waals surface area contributed by atoms with Gasteiger partial charge in [-0.1, -0.05) is 60.7 Å².